The molecule has 2 N–H and O–H groups in total. The molecule has 1 aromatic rings. The van der Waals surface area contributed by atoms with Gasteiger partial charge in [-0.2, -0.15) is 0 Å². The Morgan fingerprint density at radius 1 is 1.06 bits per heavy atom. The Morgan fingerprint density at radius 3 is 2.72 bits per heavy atom. The highest BCUT2D eigenvalue weighted by Gasteiger charge is 2.11. The molecular weight excluding hydrogens is 230 g/mol. The zero-order valence-corrected chi connectivity index (χ0v) is 10.7. The summed E-state index contributed by atoms with van der Waals surface area (Å²) in [5.41, 5.74) is 1.21. The standard InChI is InChI=1S/C14H21NO3/c16-7-3-1-2-6-15-11-12-4-5-13-14(10-12)18-9-8-17-13/h4-5,10,15-16H,1-3,6-9,11H2. The number of rotatable bonds is 7. The van der Waals surface area contributed by atoms with Gasteiger partial charge in [0.05, 0.1) is 0 Å². The molecule has 0 radical (unpaired) electrons. The van der Waals surface area contributed by atoms with Crippen molar-refractivity contribution in [2.24, 2.45) is 0 Å². The highest BCUT2D eigenvalue weighted by Crippen LogP contribution is 2.30. The second-order valence-corrected chi connectivity index (χ2v) is 4.44. The van der Waals surface area contributed by atoms with E-state index in [9.17, 15) is 0 Å². The van der Waals surface area contributed by atoms with Crippen LogP contribution in [0.2, 0.25) is 0 Å². The maximum absolute atomic E-state index is 8.67. The molecule has 1 aliphatic rings. The molecule has 1 aliphatic heterocycles. The van der Waals surface area contributed by atoms with Crippen molar-refractivity contribution in [2.75, 3.05) is 26.4 Å². The van der Waals surface area contributed by atoms with Crippen molar-refractivity contribution >= 4 is 0 Å². The minimum Gasteiger partial charge on any atom is -0.486 e. The molecule has 2 rings (SSSR count). The Balaban J connectivity index is 1.72. The fraction of sp³-hybridized carbons (Fsp3) is 0.571. The van der Waals surface area contributed by atoms with Crippen LogP contribution in [0.3, 0.4) is 0 Å². The molecule has 1 heterocycles. The van der Waals surface area contributed by atoms with E-state index in [2.05, 4.69) is 11.4 Å². The lowest BCUT2D eigenvalue weighted by atomic mass is 10.2. The number of nitrogens with one attached hydrogen (secondary N) is 1. The van der Waals surface area contributed by atoms with E-state index in [4.69, 9.17) is 14.6 Å². The van der Waals surface area contributed by atoms with Crippen LogP contribution >= 0.6 is 0 Å². The summed E-state index contributed by atoms with van der Waals surface area (Å²) in [6.45, 7) is 3.38. The number of aliphatic hydroxyl groups is 1. The van der Waals surface area contributed by atoms with Gasteiger partial charge in [0.2, 0.25) is 0 Å². The highest BCUT2D eigenvalue weighted by molar-refractivity contribution is 5.43. The highest BCUT2D eigenvalue weighted by atomic mass is 16.6. The van der Waals surface area contributed by atoms with Gasteiger partial charge in [-0.3, -0.25) is 0 Å². The van der Waals surface area contributed by atoms with Crippen LogP contribution in [0.15, 0.2) is 18.2 Å². The third-order valence-electron chi connectivity index (χ3n) is 2.95. The van der Waals surface area contributed by atoms with Crippen LogP contribution in [0, 0.1) is 0 Å². The number of fused-ring (bicyclic) bond motifs is 1. The molecule has 0 spiro atoms. The molecule has 0 aliphatic carbocycles. The first-order chi connectivity index (χ1) is 8.90. The Bertz CT molecular complexity index is 368. The number of ether oxygens (including phenoxy) is 2. The molecule has 4 heteroatoms. The van der Waals surface area contributed by atoms with E-state index in [1.165, 1.54) is 5.56 Å². The van der Waals surface area contributed by atoms with Gasteiger partial charge in [-0.25, -0.2) is 0 Å². The summed E-state index contributed by atoms with van der Waals surface area (Å²) in [4.78, 5) is 0. The summed E-state index contributed by atoms with van der Waals surface area (Å²) < 4.78 is 11.0. The van der Waals surface area contributed by atoms with Crippen molar-refractivity contribution in [2.45, 2.75) is 25.8 Å². The van der Waals surface area contributed by atoms with E-state index < -0.39 is 0 Å². The topological polar surface area (TPSA) is 50.7 Å². The maximum Gasteiger partial charge on any atom is 0.161 e. The Morgan fingerprint density at radius 2 is 1.89 bits per heavy atom. The van der Waals surface area contributed by atoms with Crippen molar-refractivity contribution < 1.29 is 14.6 Å². The van der Waals surface area contributed by atoms with Gasteiger partial charge in [0.15, 0.2) is 11.5 Å². The van der Waals surface area contributed by atoms with Gasteiger partial charge >= 0.3 is 0 Å². The quantitative estimate of drug-likeness (QED) is 0.724. The van der Waals surface area contributed by atoms with Gasteiger partial charge in [-0.05, 0) is 43.5 Å². The number of benzene rings is 1. The van der Waals surface area contributed by atoms with Gasteiger partial charge in [-0.15, -0.1) is 0 Å². The summed E-state index contributed by atoms with van der Waals surface area (Å²) >= 11 is 0. The third-order valence-corrected chi connectivity index (χ3v) is 2.95. The Hall–Kier alpha value is -1.26. The summed E-state index contributed by atoms with van der Waals surface area (Å²) in [7, 11) is 0. The van der Waals surface area contributed by atoms with Crippen LogP contribution in [0.1, 0.15) is 24.8 Å². The van der Waals surface area contributed by atoms with Crippen molar-refractivity contribution in [1.82, 2.24) is 5.32 Å². The van der Waals surface area contributed by atoms with Crippen molar-refractivity contribution in [3.05, 3.63) is 23.8 Å². The average molecular weight is 251 g/mol. The molecule has 1 aromatic carbocycles. The lowest BCUT2D eigenvalue weighted by Crippen LogP contribution is -2.17. The van der Waals surface area contributed by atoms with Gasteiger partial charge in [0.25, 0.3) is 0 Å². The van der Waals surface area contributed by atoms with Gasteiger partial charge in [0, 0.05) is 13.2 Å². The van der Waals surface area contributed by atoms with E-state index in [1.807, 2.05) is 12.1 Å². The lowest BCUT2D eigenvalue weighted by Gasteiger charge is -2.19. The molecule has 0 fully saturated rings. The maximum atomic E-state index is 8.67. The van der Waals surface area contributed by atoms with E-state index in [0.717, 1.165) is 43.9 Å². The predicted molar refractivity (Wildman–Crippen MR) is 70.1 cm³/mol. The number of unbranched alkanes of at least 4 members (excludes halogenated alkanes) is 2. The molecular formula is C14H21NO3. The number of hydrogen-bond donors (Lipinski definition) is 2. The molecule has 100 valence electrons. The largest absolute Gasteiger partial charge is 0.486 e. The molecule has 18 heavy (non-hydrogen) atoms. The SMILES string of the molecule is OCCCCCNCc1ccc2c(c1)OCCO2. The summed E-state index contributed by atoms with van der Waals surface area (Å²) in [6.07, 6.45) is 3.07. The van der Waals surface area contributed by atoms with E-state index in [0.29, 0.717) is 19.8 Å². The zero-order chi connectivity index (χ0) is 12.6. The fourth-order valence-electron chi connectivity index (χ4n) is 1.97. The molecule has 0 atom stereocenters. The smallest absolute Gasteiger partial charge is 0.161 e. The molecule has 0 amide bonds. The fourth-order valence-corrected chi connectivity index (χ4v) is 1.97. The average Bonchev–Trinajstić information content (AvgIpc) is 2.42. The zero-order valence-electron chi connectivity index (χ0n) is 10.7. The van der Waals surface area contributed by atoms with Crippen molar-refractivity contribution in [3.8, 4) is 11.5 Å². The summed E-state index contributed by atoms with van der Waals surface area (Å²) in [6, 6.07) is 6.07. The van der Waals surface area contributed by atoms with Crippen LogP contribution in [-0.2, 0) is 6.54 Å². The molecule has 0 saturated heterocycles. The minimum absolute atomic E-state index is 0.294. The van der Waals surface area contributed by atoms with Crippen LogP contribution in [-0.4, -0.2) is 31.5 Å². The normalized spacial score (nSPS) is 13.6. The van der Waals surface area contributed by atoms with Crippen molar-refractivity contribution in [3.63, 3.8) is 0 Å². The second kappa shape index (κ2) is 7.24. The predicted octanol–water partition coefficient (Wildman–Crippen LogP) is 1.71. The number of aliphatic hydroxyl groups excluding tert-OH is 1. The Kier molecular flexibility index (Phi) is 5.30. The molecule has 4 nitrogen and oxygen atoms in total. The van der Waals surface area contributed by atoms with E-state index in [1.54, 1.807) is 0 Å². The van der Waals surface area contributed by atoms with Crippen LogP contribution in [0.4, 0.5) is 0 Å². The van der Waals surface area contributed by atoms with Gasteiger partial charge in [0.1, 0.15) is 13.2 Å². The molecule has 0 unspecified atom stereocenters. The van der Waals surface area contributed by atoms with E-state index >= 15 is 0 Å². The molecule has 0 bridgehead atoms. The second-order valence-electron chi connectivity index (χ2n) is 4.44. The first-order valence-electron chi connectivity index (χ1n) is 6.60. The Labute approximate surface area is 108 Å². The summed E-state index contributed by atoms with van der Waals surface area (Å²) in [5, 5.41) is 12.1. The molecule has 0 saturated carbocycles. The first-order valence-corrected chi connectivity index (χ1v) is 6.60. The monoisotopic (exact) mass is 251 g/mol. The van der Waals surface area contributed by atoms with Gasteiger partial charge < -0.3 is 19.9 Å². The van der Waals surface area contributed by atoms with E-state index in [-0.39, 0.29) is 0 Å². The molecule has 0 aromatic heterocycles. The minimum atomic E-state index is 0.294. The van der Waals surface area contributed by atoms with Crippen LogP contribution in [0.5, 0.6) is 11.5 Å². The first kappa shape index (κ1) is 13.2. The van der Waals surface area contributed by atoms with Gasteiger partial charge in [-0.1, -0.05) is 6.07 Å². The lowest BCUT2D eigenvalue weighted by molar-refractivity contribution is 0.171. The third kappa shape index (κ3) is 3.89. The van der Waals surface area contributed by atoms with Crippen LogP contribution < -0.4 is 14.8 Å². The number of hydrogen-bond acceptors (Lipinski definition) is 4. The van der Waals surface area contributed by atoms with Crippen LogP contribution in [0.25, 0.3) is 0 Å². The summed E-state index contributed by atoms with van der Waals surface area (Å²) in [5.74, 6) is 1.69. The van der Waals surface area contributed by atoms with Crippen molar-refractivity contribution in [1.29, 1.82) is 0 Å².